The van der Waals surface area contributed by atoms with E-state index in [4.69, 9.17) is 10.1 Å². The number of anilines is 1. The van der Waals surface area contributed by atoms with Crippen molar-refractivity contribution in [2.24, 2.45) is 4.99 Å². The fraction of sp³-hybridized carbons (Fsp3) is 0. The Morgan fingerprint density at radius 1 is 0.805 bits per heavy atom. The van der Waals surface area contributed by atoms with Crippen molar-refractivity contribution in [1.29, 1.82) is 0 Å². The fourth-order valence-corrected chi connectivity index (χ4v) is 4.34. The van der Waals surface area contributed by atoms with Gasteiger partial charge in [-0.25, -0.2) is 14.7 Å². The van der Waals surface area contributed by atoms with Gasteiger partial charge in [-0.3, -0.25) is 14.9 Å². The molecule has 1 aliphatic carbocycles. The first-order valence-electron chi connectivity index (χ1n) is 12.8. The van der Waals surface area contributed by atoms with Crippen molar-refractivity contribution in [3.05, 3.63) is 153 Å². The van der Waals surface area contributed by atoms with Crippen LogP contribution in [0.2, 0.25) is 0 Å². The van der Waals surface area contributed by atoms with Gasteiger partial charge in [-0.2, -0.15) is 0 Å². The van der Waals surface area contributed by atoms with Gasteiger partial charge in [-0.05, 0) is 30.3 Å². The molecule has 6 rings (SSSR count). The van der Waals surface area contributed by atoms with Crippen molar-refractivity contribution < 1.29 is 4.92 Å². The van der Waals surface area contributed by atoms with E-state index in [1.165, 1.54) is 18.2 Å². The van der Waals surface area contributed by atoms with Gasteiger partial charge in [-0.1, -0.05) is 78.9 Å². The molecule has 0 unspecified atom stereocenters. The average Bonchev–Trinajstić information content (AvgIpc) is 3.02. The summed E-state index contributed by atoms with van der Waals surface area (Å²) in [6.07, 6.45) is 0. The van der Waals surface area contributed by atoms with E-state index in [1.54, 1.807) is 22.9 Å². The van der Waals surface area contributed by atoms with Crippen LogP contribution < -0.4 is 10.7 Å². The SMILES string of the molecule is O=c1cc2n(-c3ccccc3)nc(-c3ccccc3)nc-2cc1NC(=Nc1ccc([N+](=O)[O-])cc1)c1ccccc1. The summed E-state index contributed by atoms with van der Waals surface area (Å²) in [5.74, 6) is 0.915. The quantitative estimate of drug-likeness (QED) is 0.112. The van der Waals surface area contributed by atoms with Crippen LogP contribution in [0.3, 0.4) is 0 Å². The number of rotatable bonds is 6. The van der Waals surface area contributed by atoms with E-state index >= 15 is 0 Å². The highest BCUT2D eigenvalue weighted by Gasteiger charge is 2.18. The summed E-state index contributed by atoms with van der Waals surface area (Å²) in [6, 6.07) is 37.6. The lowest BCUT2D eigenvalue weighted by Crippen LogP contribution is -2.21. The van der Waals surface area contributed by atoms with Crippen molar-refractivity contribution in [2.75, 3.05) is 5.32 Å². The third-order valence-corrected chi connectivity index (χ3v) is 6.36. The molecule has 1 heterocycles. The van der Waals surface area contributed by atoms with Crippen LogP contribution in [0.1, 0.15) is 5.56 Å². The Hall–Kier alpha value is -5.96. The molecule has 9 nitrogen and oxygen atoms in total. The number of nitrogens with one attached hydrogen (secondary N) is 1. The van der Waals surface area contributed by atoms with Gasteiger partial charge in [0.2, 0.25) is 5.43 Å². The minimum atomic E-state index is -0.462. The molecule has 0 bridgehead atoms. The number of aromatic nitrogens is 3. The first-order valence-corrected chi connectivity index (χ1v) is 12.8. The minimum absolute atomic E-state index is 0.0323. The number of amidine groups is 1. The lowest BCUT2D eigenvalue weighted by molar-refractivity contribution is -0.384. The van der Waals surface area contributed by atoms with Gasteiger partial charge in [-0.15, -0.1) is 5.10 Å². The molecule has 1 N–H and O–H groups in total. The molecule has 4 aromatic carbocycles. The van der Waals surface area contributed by atoms with Crippen molar-refractivity contribution in [1.82, 2.24) is 14.8 Å². The van der Waals surface area contributed by atoms with E-state index < -0.39 is 4.92 Å². The van der Waals surface area contributed by atoms with Crippen molar-refractivity contribution in [2.45, 2.75) is 0 Å². The van der Waals surface area contributed by atoms with Crippen LogP contribution in [0, 0.1) is 10.1 Å². The summed E-state index contributed by atoms with van der Waals surface area (Å²) in [7, 11) is 0. The van der Waals surface area contributed by atoms with Gasteiger partial charge in [0.15, 0.2) is 5.82 Å². The van der Waals surface area contributed by atoms with Gasteiger partial charge >= 0.3 is 0 Å². The summed E-state index contributed by atoms with van der Waals surface area (Å²) in [6.45, 7) is 0. The highest BCUT2D eigenvalue weighted by molar-refractivity contribution is 6.09. The Balaban J connectivity index is 1.49. The molecule has 198 valence electrons. The Morgan fingerprint density at radius 3 is 2.10 bits per heavy atom. The second-order valence-electron chi connectivity index (χ2n) is 9.11. The average molecular weight is 539 g/mol. The normalized spacial score (nSPS) is 11.4. The van der Waals surface area contributed by atoms with E-state index in [1.807, 2.05) is 91.0 Å². The lowest BCUT2D eigenvalue weighted by Gasteiger charge is -2.17. The van der Waals surface area contributed by atoms with E-state index in [0.29, 0.717) is 28.7 Å². The van der Waals surface area contributed by atoms with E-state index in [9.17, 15) is 14.9 Å². The number of benzene rings is 5. The van der Waals surface area contributed by atoms with Crippen LogP contribution in [-0.2, 0) is 0 Å². The molecular formula is C32H22N6O3. The molecule has 4 aromatic rings. The third kappa shape index (κ3) is 5.45. The molecule has 0 aromatic heterocycles. The van der Waals surface area contributed by atoms with Gasteiger partial charge in [0.05, 0.1) is 33.4 Å². The van der Waals surface area contributed by atoms with E-state index in [-0.39, 0.29) is 16.8 Å². The van der Waals surface area contributed by atoms with Crippen molar-refractivity contribution in [3.8, 4) is 28.5 Å². The predicted octanol–water partition coefficient (Wildman–Crippen LogP) is 6.50. The number of hydrogen-bond acceptors (Lipinski definition) is 6. The minimum Gasteiger partial charge on any atom is -0.336 e. The first kappa shape index (κ1) is 25.3. The summed E-state index contributed by atoms with van der Waals surface area (Å²) < 4.78 is 1.72. The number of nitro groups is 1. The molecule has 1 aliphatic heterocycles. The summed E-state index contributed by atoms with van der Waals surface area (Å²) in [5.41, 5.74) is 3.95. The molecular weight excluding hydrogens is 516 g/mol. The summed E-state index contributed by atoms with van der Waals surface area (Å²) in [5, 5.41) is 19.0. The zero-order chi connectivity index (χ0) is 28.2. The van der Waals surface area contributed by atoms with Gasteiger partial charge < -0.3 is 5.32 Å². The monoisotopic (exact) mass is 538 g/mol. The van der Waals surface area contributed by atoms with Crippen LogP contribution in [0.5, 0.6) is 0 Å². The van der Waals surface area contributed by atoms with Crippen LogP contribution in [0.15, 0.2) is 137 Å². The van der Waals surface area contributed by atoms with Crippen LogP contribution in [-0.4, -0.2) is 25.5 Å². The molecule has 0 atom stereocenters. The fourth-order valence-electron chi connectivity index (χ4n) is 4.34. The number of non-ortho nitro benzene ring substituents is 1. The highest BCUT2D eigenvalue weighted by atomic mass is 16.6. The highest BCUT2D eigenvalue weighted by Crippen LogP contribution is 2.27. The third-order valence-electron chi connectivity index (χ3n) is 6.36. The largest absolute Gasteiger partial charge is 0.336 e. The molecule has 0 saturated carbocycles. The Kier molecular flexibility index (Phi) is 6.81. The maximum atomic E-state index is 13.4. The number of nitrogens with zero attached hydrogens (tertiary/aromatic N) is 5. The predicted molar refractivity (Wildman–Crippen MR) is 159 cm³/mol. The van der Waals surface area contributed by atoms with E-state index in [0.717, 1.165) is 16.8 Å². The van der Waals surface area contributed by atoms with Crippen LogP contribution in [0.25, 0.3) is 28.5 Å². The number of nitro benzene ring substituents is 1. The van der Waals surface area contributed by atoms with E-state index in [2.05, 4.69) is 10.3 Å². The smallest absolute Gasteiger partial charge is 0.269 e. The molecule has 0 fully saturated rings. The zero-order valence-electron chi connectivity index (χ0n) is 21.6. The molecule has 0 spiro atoms. The second kappa shape index (κ2) is 11.0. The van der Waals surface area contributed by atoms with Crippen molar-refractivity contribution >= 4 is 22.9 Å². The Labute approximate surface area is 234 Å². The summed E-state index contributed by atoms with van der Waals surface area (Å²) >= 11 is 0. The van der Waals surface area contributed by atoms with Crippen LogP contribution in [0.4, 0.5) is 17.1 Å². The van der Waals surface area contributed by atoms with Gasteiger partial charge in [0.1, 0.15) is 5.84 Å². The Morgan fingerprint density at radius 2 is 1.44 bits per heavy atom. The number of para-hydroxylation sites is 1. The van der Waals surface area contributed by atoms with Gasteiger partial charge in [0, 0.05) is 29.3 Å². The summed E-state index contributed by atoms with van der Waals surface area (Å²) in [4.78, 5) is 33.6. The van der Waals surface area contributed by atoms with Crippen molar-refractivity contribution in [3.63, 3.8) is 0 Å². The molecule has 0 amide bonds. The maximum absolute atomic E-state index is 13.4. The number of aliphatic imine (C=N–C) groups is 1. The molecule has 41 heavy (non-hydrogen) atoms. The first-order chi connectivity index (χ1) is 20.0. The Bertz CT molecular complexity index is 1890. The topological polar surface area (TPSA) is 115 Å². The molecule has 9 heteroatoms. The lowest BCUT2D eigenvalue weighted by atomic mass is 10.1. The van der Waals surface area contributed by atoms with Gasteiger partial charge in [0.25, 0.3) is 5.69 Å². The second-order valence-corrected chi connectivity index (χ2v) is 9.11. The molecule has 0 radical (unpaired) electrons. The molecule has 0 saturated heterocycles. The number of hydrogen-bond donors (Lipinski definition) is 1. The standard InChI is InChI=1S/C32H22N6O3/c39-30-21-29-27(34-32(23-12-6-2-7-13-23)36-37(29)25-14-8-3-9-15-25)20-28(30)35-31(22-10-4-1-5-11-22)33-24-16-18-26(19-17-24)38(40)41/h1-21H,(H,33,35). The maximum Gasteiger partial charge on any atom is 0.269 e. The molecule has 2 aliphatic rings. The van der Waals surface area contributed by atoms with Crippen LogP contribution >= 0.6 is 0 Å². The zero-order valence-corrected chi connectivity index (χ0v) is 21.6. The number of fused-ring (bicyclic) bond motifs is 1.